The van der Waals surface area contributed by atoms with Crippen LogP contribution in [0.25, 0.3) is 6.08 Å². The second-order valence-corrected chi connectivity index (χ2v) is 7.26. The summed E-state index contributed by atoms with van der Waals surface area (Å²) in [5.41, 5.74) is 2.16. The average Bonchev–Trinajstić information content (AvgIpc) is 3.26. The molecule has 0 aliphatic heterocycles. The SMILES string of the molecule is COc1cc(/C=C/C(=O)NCC2(c3ccccc3)CCCC2)ccc1OCC#N. The van der Waals surface area contributed by atoms with E-state index in [1.165, 1.54) is 24.5 Å². The van der Waals surface area contributed by atoms with Crippen molar-refractivity contribution >= 4 is 12.0 Å². The van der Waals surface area contributed by atoms with Gasteiger partial charge in [0.15, 0.2) is 18.1 Å². The fourth-order valence-corrected chi connectivity index (χ4v) is 3.92. The molecule has 0 saturated heterocycles. The van der Waals surface area contributed by atoms with E-state index in [4.69, 9.17) is 14.7 Å². The first-order valence-corrected chi connectivity index (χ1v) is 9.86. The maximum atomic E-state index is 12.4. The highest BCUT2D eigenvalue weighted by Gasteiger charge is 2.35. The molecular formula is C24H26N2O3. The van der Waals surface area contributed by atoms with Gasteiger partial charge in [-0.05, 0) is 42.2 Å². The molecule has 0 unspecified atom stereocenters. The number of rotatable bonds is 8. The zero-order chi connectivity index (χ0) is 20.5. The molecule has 3 rings (SSSR count). The van der Waals surface area contributed by atoms with E-state index in [1.807, 2.05) is 18.2 Å². The van der Waals surface area contributed by atoms with Crippen LogP contribution in [0.2, 0.25) is 0 Å². The maximum Gasteiger partial charge on any atom is 0.244 e. The summed E-state index contributed by atoms with van der Waals surface area (Å²) < 4.78 is 10.6. The van der Waals surface area contributed by atoms with Crippen molar-refractivity contribution in [3.05, 3.63) is 65.7 Å². The summed E-state index contributed by atoms with van der Waals surface area (Å²) in [5.74, 6) is 0.912. The first-order valence-electron chi connectivity index (χ1n) is 9.86. The molecule has 0 heterocycles. The van der Waals surface area contributed by atoms with Gasteiger partial charge in [0, 0.05) is 18.0 Å². The quantitative estimate of drug-likeness (QED) is 0.685. The Morgan fingerprint density at radius 3 is 2.62 bits per heavy atom. The van der Waals surface area contributed by atoms with Gasteiger partial charge in [-0.15, -0.1) is 0 Å². The summed E-state index contributed by atoms with van der Waals surface area (Å²) in [6.07, 6.45) is 7.87. The second kappa shape index (κ2) is 9.79. The number of benzene rings is 2. The molecule has 0 atom stereocenters. The van der Waals surface area contributed by atoms with E-state index in [0.717, 1.165) is 18.4 Å². The summed E-state index contributed by atoms with van der Waals surface area (Å²) in [6, 6.07) is 17.7. The predicted molar refractivity (Wildman–Crippen MR) is 113 cm³/mol. The minimum atomic E-state index is -0.115. The molecule has 5 heteroatoms. The Labute approximate surface area is 172 Å². The molecule has 0 radical (unpaired) electrons. The Hall–Kier alpha value is -3.26. The van der Waals surface area contributed by atoms with Crippen LogP contribution in [0.3, 0.4) is 0 Å². The van der Waals surface area contributed by atoms with Crippen LogP contribution in [-0.2, 0) is 10.2 Å². The van der Waals surface area contributed by atoms with Crippen molar-refractivity contribution < 1.29 is 14.3 Å². The standard InChI is InChI=1S/C24H26N2O3/c1-28-22-17-19(9-11-21(22)29-16-15-25)10-12-23(27)26-18-24(13-5-6-14-24)20-7-3-2-4-8-20/h2-4,7-12,17H,5-6,13-14,16,18H2,1H3,(H,26,27)/b12-10+. The molecule has 2 aromatic carbocycles. The molecule has 2 aromatic rings. The molecule has 1 fully saturated rings. The van der Waals surface area contributed by atoms with Crippen LogP contribution in [0.5, 0.6) is 11.5 Å². The third-order valence-electron chi connectivity index (χ3n) is 5.45. The molecule has 1 aliphatic rings. The Kier molecular flexibility index (Phi) is 6.91. The monoisotopic (exact) mass is 390 g/mol. The normalized spacial score (nSPS) is 15.0. The van der Waals surface area contributed by atoms with Crippen LogP contribution in [0.4, 0.5) is 0 Å². The van der Waals surface area contributed by atoms with Crippen molar-refractivity contribution in [3.8, 4) is 17.6 Å². The lowest BCUT2D eigenvalue weighted by atomic mass is 9.79. The van der Waals surface area contributed by atoms with Gasteiger partial charge in [0.25, 0.3) is 0 Å². The lowest BCUT2D eigenvalue weighted by Gasteiger charge is -2.29. The highest BCUT2D eigenvalue weighted by Crippen LogP contribution is 2.40. The fourth-order valence-electron chi connectivity index (χ4n) is 3.92. The van der Waals surface area contributed by atoms with Gasteiger partial charge >= 0.3 is 0 Å². The molecule has 1 saturated carbocycles. The summed E-state index contributed by atoms with van der Waals surface area (Å²) >= 11 is 0. The Bertz CT molecular complexity index is 894. The first-order chi connectivity index (χ1) is 14.2. The third kappa shape index (κ3) is 5.17. The highest BCUT2D eigenvalue weighted by molar-refractivity contribution is 5.91. The Morgan fingerprint density at radius 1 is 1.17 bits per heavy atom. The van der Waals surface area contributed by atoms with Gasteiger partial charge in [0.2, 0.25) is 5.91 Å². The summed E-state index contributed by atoms with van der Waals surface area (Å²) in [6.45, 7) is 0.599. The van der Waals surface area contributed by atoms with Gasteiger partial charge in [-0.3, -0.25) is 4.79 Å². The lowest BCUT2D eigenvalue weighted by molar-refractivity contribution is -0.116. The van der Waals surface area contributed by atoms with Crippen molar-refractivity contribution in [3.63, 3.8) is 0 Å². The van der Waals surface area contributed by atoms with E-state index < -0.39 is 0 Å². The van der Waals surface area contributed by atoms with Crippen molar-refractivity contribution in [2.24, 2.45) is 0 Å². The molecule has 150 valence electrons. The van der Waals surface area contributed by atoms with Crippen LogP contribution >= 0.6 is 0 Å². The third-order valence-corrected chi connectivity index (χ3v) is 5.45. The minimum absolute atomic E-state index is 0.0354. The Balaban J connectivity index is 1.63. The predicted octanol–water partition coefficient (Wildman–Crippen LogP) is 4.24. The van der Waals surface area contributed by atoms with Gasteiger partial charge in [-0.25, -0.2) is 0 Å². The average molecular weight is 390 g/mol. The molecule has 1 amide bonds. The van der Waals surface area contributed by atoms with Gasteiger partial charge in [0.1, 0.15) is 6.07 Å². The lowest BCUT2D eigenvalue weighted by Crippen LogP contribution is -2.38. The molecule has 0 spiro atoms. The van der Waals surface area contributed by atoms with Crippen molar-refractivity contribution in [1.82, 2.24) is 5.32 Å². The zero-order valence-electron chi connectivity index (χ0n) is 16.7. The summed E-state index contributed by atoms with van der Waals surface area (Å²) in [4.78, 5) is 12.4. The van der Waals surface area contributed by atoms with E-state index in [0.29, 0.717) is 18.0 Å². The van der Waals surface area contributed by atoms with E-state index in [9.17, 15) is 4.79 Å². The number of methoxy groups -OCH3 is 1. The van der Waals surface area contributed by atoms with Crippen LogP contribution in [0.15, 0.2) is 54.6 Å². The number of carbonyl (C=O) groups is 1. The van der Waals surface area contributed by atoms with Gasteiger partial charge in [-0.2, -0.15) is 5.26 Å². The maximum absolute atomic E-state index is 12.4. The van der Waals surface area contributed by atoms with Crippen LogP contribution in [0, 0.1) is 11.3 Å². The second-order valence-electron chi connectivity index (χ2n) is 7.26. The topological polar surface area (TPSA) is 71.3 Å². The minimum Gasteiger partial charge on any atom is -0.493 e. The van der Waals surface area contributed by atoms with Gasteiger partial charge in [-0.1, -0.05) is 49.2 Å². The molecule has 1 aliphatic carbocycles. The number of nitrogens with zero attached hydrogens (tertiary/aromatic N) is 1. The number of hydrogen-bond acceptors (Lipinski definition) is 4. The smallest absolute Gasteiger partial charge is 0.244 e. The number of ether oxygens (including phenoxy) is 2. The van der Waals surface area contributed by atoms with Crippen molar-refractivity contribution in [1.29, 1.82) is 5.26 Å². The molecule has 5 nitrogen and oxygen atoms in total. The number of hydrogen-bond donors (Lipinski definition) is 1. The van der Waals surface area contributed by atoms with Gasteiger partial charge < -0.3 is 14.8 Å². The molecule has 29 heavy (non-hydrogen) atoms. The number of nitriles is 1. The summed E-state index contributed by atoms with van der Waals surface area (Å²) in [7, 11) is 1.54. The first kappa shape index (κ1) is 20.5. The van der Waals surface area contributed by atoms with Gasteiger partial charge in [0.05, 0.1) is 7.11 Å². The molecule has 1 N–H and O–H groups in total. The zero-order valence-corrected chi connectivity index (χ0v) is 16.7. The Morgan fingerprint density at radius 2 is 1.93 bits per heavy atom. The number of amides is 1. The number of carbonyl (C=O) groups excluding carboxylic acids is 1. The van der Waals surface area contributed by atoms with E-state index in [2.05, 4.69) is 29.6 Å². The van der Waals surface area contributed by atoms with E-state index >= 15 is 0 Å². The van der Waals surface area contributed by atoms with Crippen LogP contribution < -0.4 is 14.8 Å². The van der Waals surface area contributed by atoms with Crippen molar-refractivity contribution in [2.75, 3.05) is 20.3 Å². The fraction of sp³-hybridized carbons (Fsp3) is 0.333. The van der Waals surface area contributed by atoms with Crippen LogP contribution in [-0.4, -0.2) is 26.2 Å². The summed E-state index contributed by atoms with van der Waals surface area (Å²) in [5, 5.41) is 11.7. The van der Waals surface area contributed by atoms with Crippen molar-refractivity contribution in [2.45, 2.75) is 31.1 Å². The number of nitrogens with one attached hydrogen (secondary N) is 1. The molecule has 0 aromatic heterocycles. The van der Waals surface area contributed by atoms with E-state index in [-0.39, 0.29) is 17.9 Å². The largest absolute Gasteiger partial charge is 0.493 e. The molecule has 0 bridgehead atoms. The molecular weight excluding hydrogens is 364 g/mol. The highest BCUT2D eigenvalue weighted by atomic mass is 16.5. The van der Waals surface area contributed by atoms with E-state index in [1.54, 1.807) is 25.3 Å². The van der Waals surface area contributed by atoms with Crippen LogP contribution in [0.1, 0.15) is 36.8 Å².